The Morgan fingerprint density at radius 3 is 2.35 bits per heavy atom. The number of carbonyl (C=O) groups is 3. The number of phenols is 1. The molecule has 0 bridgehead atoms. The van der Waals surface area contributed by atoms with Crippen molar-refractivity contribution in [3.63, 3.8) is 0 Å². The number of Topliss-reactive ketones (excluding diaryl/α,β-unsaturated/α-hetero) is 2. The maximum absolute atomic E-state index is 14.3. The van der Waals surface area contributed by atoms with Crippen LogP contribution in [0.25, 0.3) is 5.76 Å². The van der Waals surface area contributed by atoms with Gasteiger partial charge in [0.05, 0.1) is 11.6 Å². The van der Waals surface area contributed by atoms with E-state index in [4.69, 9.17) is 10.5 Å². The number of rotatable bonds is 7. The number of hydrogen-bond acceptors (Lipinski definition) is 10. The van der Waals surface area contributed by atoms with E-state index in [1.807, 2.05) is 19.0 Å². The fourth-order valence-electron chi connectivity index (χ4n) is 7.05. The zero-order valence-electron chi connectivity index (χ0n) is 23.8. The van der Waals surface area contributed by atoms with E-state index in [0.29, 0.717) is 18.5 Å². The van der Waals surface area contributed by atoms with Crippen LogP contribution in [0.15, 0.2) is 23.0 Å². The van der Waals surface area contributed by atoms with E-state index in [9.17, 15) is 29.7 Å². The SMILES string of the molecule is CO[C@]12C(=O)C3=C(O)c4c(O)cc(CNC5(C)CC5)c(N(C)C)c4C[C@H]3C[C@H]1[C@H](N(C)C)C(=O)C(C(N)=O)=C2O. The number of fused-ring (bicyclic) bond motifs is 3. The van der Waals surface area contributed by atoms with E-state index in [-0.39, 0.29) is 28.8 Å². The fraction of sp³-hybridized carbons (Fsp3) is 0.552. The lowest BCUT2D eigenvalue weighted by Crippen LogP contribution is -2.66. The number of aromatic hydroxyl groups is 1. The Hall–Kier alpha value is -3.41. The van der Waals surface area contributed by atoms with Crippen molar-refractivity contribution in [2.75, 3.05) is 40.2 Å². The molecule has 5 rings (SSSR count). The van der Waals surface area contributed by atoms with Gasteiger partial charge in [0, 0.05) is 50.5 Å². The third-order valence-electron chi connectivity index (χ3n) is 9.21. The molecule has 4 aliphatic carbocycles. The Labute approximate surface area is 233 Å². The average molecular weight is 555 g/mol. The smallest absolute Gasteiger partial charge is 0.255 e. The number of methoxy groups -OCH3 is 1. The standard InChI is InChI=1S/C29H38N4O7/c1-28(7-8-28)31-12-14-11-17(34)19-15(21(14)32(2)3)9-13-10-16-22(33(4)5)24(36)20(27(30)39)26(38)29(16,40-6)25(37)18(13)23(19)35/h11,13,16,22,31,34-35,38H,7-10,12H2,1-6H3,(H2,30,39)/t13-,16-,22-,29-/m0/s1. The van der Waals surface area contributed by atoms with Gasteiger partial charge in [-0.05, 0) is 69.8 Å². The zero-order valence-corrected chi connectivity index (χ0v) is 23.8. The van der Waals surface area contributed by atoms with Crippen LogP contribution in [0.3, 0.4) is 0 Å². The highest BCUT2D eigenvalue weighted by molar-refractivity contribution is 6.24. The first-order chi connectivity index (χ1) is 18.7. The van der Waals surface area contributed by atoms with Crippen molar-refractivity contribution in [3.8, 4) is 5.75 Å². The van der Waals surface area contributed by atoms with E-state index in [2.05, 4.69) is 12.2 Å². The molecule has 40 heavy (non-hydrogen) atoms. The molecule has 0 heterocycles. The van der Waals surface area contributed by atoms with Crippen LogP contribution in [0, 0.1) is 11.8 Å². The van der Waals surface area contributed by atoms with Gasteiger partial charge >= 0.3 is 0 Å². The largest absolute Gasteiger partial charge is 0.508 e. The Morgan fingerprint density at radius 1 is 1.18 bits per heavy atom. The maximum atomic E-state index is 14.3. The molecule has 4 aliphatic rings. The molecule has 6 N–H and O–H groups in total. The number of nitrogens with two attached hydrogens (primary N) is 1. The number of ether oxygens (including phenoxy) is 1. The van der Waals surface area contributed by atoms with Crippen molar-refractivity contribution in [2.24, 2.45) is 17.6 Å². The highest BCUT2D eigenvalue weighted by atomic mass is 16.5. The van der Waals surface area contributed by atoms with E-state index in [1.54, 1.807) is 25.1 Å². The number of aliphatic hydroxyl groups excluding tert-OH is 2. The molecule has 1 aromatic carbocycles. The summed E-state index contributed by atoms with van der Waals surface area (Å²) in [5, 5.41) is 37.6. The zero-order chi connectivity index (χ0) is 29.5. The van der Waals surface area contributed by atoms with E-state index < -0.39 is 58.0 Å². The predicted molar refractivity (Wildman–Crippen MR) is 148 cm³/mol. The maximum Gasteiger partial charge on any atom is 0.255 e. The van der Waals surface area contributed by atoms with Gasteiger partial charge in [-0.3, -0.25) is 19.3 Å². The number of anilines is 1. The summed E-state index contributed by atoms with van der Waals surface area (Å²) in [5.41, 5.74) is 5.32. The number of nitrogens with zero attached hydrogens (tertiary/aromatic N) is 2. The van der Waals surface area contributed by atoms with Gasteiger partial charge in [-0.2, -0.15) is 0 Å². The molecule has 0 spiro atoms. The number of likely N-dealkylation sites (N-methyl/N-ethyl adjacent to an activating group) is 1. The summed E-state index contributed by atoms with van der Waals surface area (Å²) in [6, 6.07) is 0.625. The minimum Gasteiger partial charge on any atom is -0.508 e. The molecule has 0 radical (unpaired) electrons. The van der Waals surface area contributed by atoms with E-state index in [1.165, 1.54) is 7.11 Å². The minimum absolute atomic E-state index is 0.0100. The predicted octanol–water partition coefficient (Wildman–Crippen LogP) is 1.33. The number of benzene rings is 1. The summed E-state index contributed by atoms with van der Waals surface area (Å²) >= 11 is 0. The number of hydrogen-bond donors (Lipinski definition) is 5. The quantitative estimate of drug-likeness (QED) is 0.310. The van der Waals surface area contributed by atoms with Crippen molar-refractivity contribution in [2.45, 2.75) is 56.3 Å². The molecule has 2 saturated carbocycles. The number of phenolic OH excluding ortho intramolecular Hbond substituents is 1. The topological polar surface area (TPSA) is 166 Å². The second-order valence-electron chi connectivity index (χ2n) is 12.2. The molecular weight excluding hydrogens is 516 g/mol. The summed E-state index contributed by atoms with van der Waals surface area (Å²) in [6.45, 7) is 2.67. The highest BCUT2D eigenvalue weighted by Gasteiger charge is 2.65. The molecule has 11 nitrogen and oxygen atoms in total. The van der Waals surface area contributed by atoms with Gasteiger partial charge in [0.25, 0.3) is 5.91 Å². The first-order valence-electron chi connectivity index (χ1n) is 13.5. The molecule has 1 aromatic rings. The Bertz CT molecular complexity index is 1390. The molecule has 11 heteroatoms. The fourth-order valence-corrected chi connectivity index (χ4v) is 7.05. The number of amides is 1. The highest BCUT2D eigenvalue weighted by Crippen LogP contribution is 2.55. The van der Waals surface area contributed by atoms with Gasteiger partial charge in [-0.1, -0.05) is 0 Å². The molecule has 1 amide bonds. The lowest BCUT2D eigenvalue weighted by molar-refractivity contribution is -0.159. The number of aliphatic hydroxyl groups is 2. The van der Waals surface area contributed by atoms with Gasteiger partial charge in [0.15, 0.2) is 11.4 Å². The van der Waals surface area contributed by atoms with Crippen LogP contribution < -0.4 is 16.0 Å². The first-order valence-corrected chi connectivity index (χ1v) is 13.5. The third kappa shape index (κ3) is 3.86. The molecular formula is C29H38N4O7. The summed E-state index contributed by atoms with van der Waals surface area (Å²) in [7, 11) is 8.30. The Kier molecular flexibility index (Phi) is 6.56. The second kappa shape index (κ2) is 9.32. The van der Waals surface area contributed by atoms with E-state index in [0.717, 1.165) is 24.1 Å². The monoisotopic (exact) mass is 554 g/mol. The van der Waals surface area contributed by atoms with Gasteiger partial charge in [-0.25, -0.2) is 0 Å². The number of nitrogens with one attached hydrogen (secondary N) is 1. The van der Waals surface area contributed by atoms with Gasteiger partial charge in [0.2, 0.25) is 5.78 Å². The van der Waals surface area contributed by atoms with Crippen molar-refractivity contribution >= 4 is 28.9 Å². The lowest BCUT2D eigenvalue weighted by atomic mass is 9.57. The van der Waals surface area contributed by atoms with Gasteiger partial charge < -0.3 is 36.0 Å². The normalized spacial score (nSPS) is 28.8. The summed E-state index contributed by atoms with van der Waals surface area (Å²) in [4.78, 5) is 43.5. The summed E-state index contributed by atoms with van der Waals surface area (Å²) in [5.74, 6) is -5.39. The molecule has 0 unspecified atom stereocenters. The van der Waals surface area contributed by atoms with Crippen LogP contribution in [-0.2, 0) is 32.1 Å². The van der Waals surface area contributed by atoms with E-state index >= 15 is 0 Å². The Balaban J connectivity index is 1.71. The number of ketones is 2. The van der Waals surface area contributed by atoms with Crippen LogP contribution in [0.1, 0.15) is 42.9 Å². The third-order valence-corrected chi connectivity index (χ3v) is 9.21. The molecule has 0 saturated heterocycles. The van der Waals surface area contributed by atoms with Crippen LogP contribution in [-0.4, -0.2) is 90.2 Å². The Morgan fingerprint density at radius 2 is 1.82 bits per heavy atom. The van der Waals surface area contributed by atoms with Crippen LogP contribution in [0.2, 0.25) is 0 Å². The van der Waals surface area contributed by atoms with Crippen molar-refractivity contribution in [1.29, 1.82) is 0 Å². The molecule has 0 aliphatic heterocycles. The van der Waals surface area contributed by atoms with Gasteiger partial charge in [-0.15, -0.1) is 0 Å². The van der Waals surface area contributed by atoms with Crippen molar-refractivity contribution < 1.29 is 34.4 Å². The van der Waals surface area contributed by atoms with Crippen LogP contribution in [0.4, 0.5) is 5.69 Å². The van der Waals surface area contributed by atoms with Crippen molar-refractivity contribution in [1.82, 2.24) is 10.2 Å². The van der Waals surface area contributed by atoms with Crippen molar-refractivity contribution in [3.05, 3.63) is 39.7 Å². The minimum atomic E-state index is -2.10. The lowest BCUT2D eigenvalue weighted by Gasteiger charge is -2.52. The van der Waals surface area contributed by atoms with Crippen LogP contribution in [0.5, 0.6) is 5.75 Å². The second-order valence-corrected chi connectivity index (χ2v) is 12.2. The summed E-state index contributed by atoms with van der Waals surface area (Å²) < 4.78 is 5.71. The number of carbonyl (C=O) groups excluding carboxylic acids is 3. The average Bonchev–Trinajstić information content (AvgIpc) is 3.59. The first kappa shape index (κ1) is 28.1. The molecule has 216 valence electrons. The molecule has 0 aromatic heterocycles. The van der Waals surface area contributed by atoms with Gasteiger partial charge in [0.1, 0.15) is 22.8 Å². The molecule has 2 fully saturated rings. The summed E-state index contributed by atoms with van der Waals surface area (Å²) in [6.07, 6.45) is 2.65. The van der Waals surface area contributed by atoms with Crippen LogP contribution >= 0.6 is 0 Å². The number of primary amides is 1. The molecule has 4 atom stereocenters.